The van der Waals surface area contributed by atoms with Crippen molar-refractivity contribution in [2.24, 2.45) is 0 Å². The van der Waals surface area contributed by atoms with E-state index in [0.29, 0.717) is 12.2 Å². The second kappa shape index (κ2) is 5.62. The van der Waals surface area contributed by atoms with E-state index in [4.69, 9.17) is 4.74 Å². The van der Waals surface area contributed by atoms with Gasteiger partial charge in [-0.1, -0.05) is 31.5 Å². The Kier molecular flexibility index (Phi) is 4.43. The summed E-state index contributed by atoms with van der Waals surface area (Å²) in [7, 11) is 0. The number of rotatable bonds is 5. The van der Waals surface area contributed by atoms with Crippen LogP contribution >= 0.6 is 0 Å². The van der Waals surface area contributed by atoms with E-state index >= 15 is 0 Å². The summed E-state index contributed by atoms with van der Waals surface area (Å²) in [6.45, 7) is 2.56. The van der Waals surface area contributed by atoms with Crippen molar-refractivity contribution in [2.75, 3.05) is 6.61 Å². The van der Waals surface area contributed by atoms with Crippen molar-refractivity contribution in [2.45, 2.75) is 26.1 Å². The second-order valence-corrected chi connectivity index (χ2v) is 3.14. The van der Waals surface area contributed by atoms with Gasteiger partial charge in [-0.3, -0.25) is 0 Å². The first-order valence-corrected chi connectivity index (χ1v) is 4.83. The number of aliphatic hydroxyl groups is 1. The van der Waals surface area contributed by atoms with Gasteiger partial charge in [-0.15, -0.1) is 0 Å². The smallest absolute Gasteiger partial charge is 0.184 e. The summed E-state index contributed by atoms with van der Waals surface area (Å²) in [6.07, 6.45) is 0.903. The number of unbranched alkanes of at least 4 members (excludes halogenated alkanes) is 1. The molecule has 3 nitrogen and oxygen atoms in total. The molecule has 0 amide bonds. The third kappa shape index (κ3) is 3.01. The van der Waals surface area contributed by atoms with Crippen LogP contribution in [0.15, 0.2) is 24.3 Å². The van der Waals surface area contributed by atoms with Crippen LogP contribution in [0.4, 0.5) is 0 Å². The lowest BCUT2D eigenvalue weighted by atomic mass is 10.2. The Balaban J connectivity index is 2.51. The summed E-state index contributed by atoms with van der Waals surface area (Å²) >= 11 is 0. The van der Waals surface area contributed by atoms with Crippen molar-refractivity contribution in [1.82, 2.24) is 0 Å². The van der Waals surface area contributed by atoms with Crippen molar-refractivity contribution in [1.29, 1.82) is 0 Å². The maximum Gasteiger partial charge on any atom is 0.184 e. The molecule has 78 valence electrons. The number of phenolic OH excluding ortho intramolecular Hbond substituents is 1. The Hall–Kier alpha value is -1.06. The van der Waals surface area contributed by atoms with Gasteiger partial charge in [0.25, 0.3) is 0 Å². The molecule has 0 aliphatic carbocycles. The highest BCUT2D eigenvalue weighted by atomic mass is 16.6. The van der Waals surface area contributed by atoms with Crippen molar-refractivity contribution >= 4 is 0 Å². The summed E-state index contributed by atoms with van der Waals surface area (Å²) in [4.78, 5) is 0. The number of phenols is 1. The summed E-state index contributed by atoms with van der Waals surface area (Å²) < 4.78 is 5.14. The largest absolute Gasteiger partial charge is 0.507 e. The average Bonchev–Trinajstić information content (AvgIpc) is 2.18. The monoisotopic (exact) mass is 196 g/mol. The summed E-state index contributed by atoms with van der Waals surface area (Å²) in [6, 6.07) is 6.63. The van der Waals surface area contributed by atoms with Gasteiger partial charge in [-0.25, -0.2) is 0 Å². The third-order valence-electron chi connectivity index (χ3n) is 1.98. The van der Waals surface area contributed by atoms with Gasteiger partial charge in [0.15, 0.2) is 6.29 Å². The van der Waals surface area contributed by atoms with Crippen LogP contribution in [0.25, 0.3) is 0 Å². The first kappa shape index (κ1) is 11.0. The molecule has 2 N–H and O–H groups in total. The lowest BCUT2D eigenvalue weighted by Crippen LogP contribution is -2.04. The molecular formula is C11H16O3. The van der Waals surface area contributed by atoms with E-state index in [1.165, 1.54) is 6.07 Å². The Morgan fingerprint density at radius 2 is 2.07 bits per heavy atom. The molecule has 0 saturated heterocycles. The number of hydrogen-bond donors (Lipinski definition) is 2. The first-order valence-electron chi connectivity index (χ1n) is 4.83. The molecule has 0 bridgehead atoms. The van der Waals surface area contributed by atoms with Gasteiger partial charge in [-0.05, 0) is 12.5 Å². The molecule has 0 aliphatic rings. The van der Waals surface area contributed by atoms with E-state index in [1.54, 1.807) is 18.2 Å². The number of benzene rings is 1. The normalized spacial score (nSPS) is 12.7. The van der Waals surface area contributed by atoms with Crippen molar-refractivity contribution in [3.05, 3.63) is 29.8 Å². The lowest BCUT2D eigenvalue weighted by Gasteiger charge is -2.12. The molecule has 0 saturated carbocycles. The molecule has 1 aromatic carbocycles. The zero-order chi connectivity index (χ0) is 10.4. The molecule has 0 aromatic heterocycles. The fourth-order valence-corrected chi connectivity index (χ4v) is 1.13. The Labute approximate surface area is 84.0 Å². The highest BCUT2D eigenvalue weighted by Crippen LogP contribution is 2.24. The fourth-order valence-electron chi connectivity index (χ4n) is 1.13. The highest BCUT2D eigenvalue weighted by Gasteiger charge is 2.10. The molecule has 0 heterocycles. The molecule has 0 spiro atoms. The molecule has 0 aliphatic heterocycles. The second-order valence-electron chi connectivity index (χ2n) is 3.14. The zero-order valence-corrected chi connectivity index (χ0v) is 8.31. The van der Waals surface area contributed by atoms with Crippen molar-refractivity contribution in [3.8, 4) is 5.75 Å². The molecular weight excluding hydrogens is 180 g/mol. The molecule has 1 aromatic rings. The van der Waals surface area contributed by atoms with Gasteiger partial charge >= 0.3 is 0 Å². The maximum atomic E-state index is 9.55. The fraction of sp³-hybridized carbons (Fsp3) is 0.455. The van der Waals surface area contributed by atoms with E-state index in [-0.39, 0.29) is 5.75 Å². The Bertz CT molecular complexity index is 273. The molecule has 1 atom stereocenters. The Morgan fingerprint density at radius 1 is 1.36 bits per heavy atom. The quantitative estimate of drug-likeness (QED) is 0.560. The molecule has 1 unspecified atom stereocenters. The predicted molar refractivity (Wildman–Crippen MR) is 53.9 cm³/mol. The zero-order valence-electron chi connectivity index (χ0n) is 8.31. The molecule has 0 radical (unpaired) electrons. The summed E-state index contributed by atoms with van der Waals surface area (Å²) in [5, 5.41) is 18.9. The van der Waals surface area contributed by atoms with Gasteiger partial charge in [0, 0.05) is 5.56 Å². The SMILES string of the molecule is CCCCOC(O)c1ccccc1O. The van der Waals surface area contributed by atoms with E-state index in [0.717, 1.165) is 12.8 Å². The lowest BCUT2D eigenvalue weighted by molar-refractivity contribution is -0.104. The number of hydrogen-bond acceptors (Lipinski definition) is 3. The number of aromatic hydroxyl groups is 1. The number of aliphatic hydroxyl groups excluding tert-OH is 1. The minimum Gasteiger partial charge on any atom is -0.507 e. The molecule has 1 rings (SSSR count). The van der Waals surface area contributed by atoms with E-state index in [2.05, 4.69) is 6.92 Å². The topological polar surface area (TPSA) is 49.7 Å². The predicted octanol–water partition coefficient (Wildman–Crippen LogP) is 2.20. The van der Waals surface area contributed by atoms with Crippen LogP contribution in [-0.4, -0.2) is 16.8 Å². The van der Waals surface area contributed by atoms with Crippen LogP contribution in [0.5, 0.6) is 5.75 Å². The van der Waals surface area contributed by atoms with Crippen molar-refractivity contribution in [3.63, 3.8) is 0 Å². The summed E-state index contributed by atoms with van der Waals surface area (Å²) in [5.74, 6) is 0.0662. The van der Waals surface area contributed by atoms with Gasteiger partial charge < -0.3 is 14.9 Å². The van der Waals surface area contributed by atoms with Gasteiger partial charge in [0.1, 0.15) is 5.75 Å². The molecule has 0 fully saturated rings. The van der Waals surface area contributed by atoms with Crippen LogP contribution in [-0.2, 0) is 4.74 Å². The third-order valence-corrected chi connectivity index (χ3v) is 1.98. The van der Waals surface area contributed by atoms with Gasteiger partial charge in [0.2, 0.25) is 0 Å². The van der Waals surface area contributed by atoms with Crippen molar-refractivity contribution < 1.29 is 14.9 Å². The van der Waals surface area contributed by atoms with Gasteiger partial charge in [-0.2, -0.15) is 0 Å². The van der Waals surface area contributed by atoms with Crippen LogP contribution in [0.3, 0.4) is 0 Å². The van der Waals surface area contributed by atoms with Gasteiger partial charge in [0.05, 0.1) is 6.61 Å². The van der Waals surface area contributed by atoms with Crippen LogP contribution in [0, 0.1) is 0 Å². The standard InChI is InChI=1S/C11H16O3/c1-2-3-8-14-11(13)9-6-4-5-7-10(9)12/h4-7,11-13H,2-3,8H2,1H3. The van der Waals surface area contributed by atoms with E-state index in [9.17, 15) is 10.2 Å². The van der Waals surface area contributed by atoms with Crippen LogP contribution in [0.2, 0.25) is 0 Å². The number of ether oxygens (including phenoxy) is 1. The molecule has 3 heteroatoms. The van der Waals surface area contributed by atoms with E-state index in [1.807, 2.05) is 0 Å². The van der Waals surface area contributed by atoms with Crippen LogP contribution < -0.4 is 0 Å². The average molecular weight is 196 g/mol. The highest BCUT2D eigenvalue weighted by molar-refractivity contribution is 5.32. The molecule has 14 heavy (non-hydrogen) atoms. The minimum absolute atomic E-state index is 0.0662. The minimum atomic E-state index is -1.03. The summed E-state index contributed by atoms with van der Waals surface area (Å²) in [5.41, 5.74) is 0.420. The van der Waals surface area contributed by atoms with E-state index < -0.39 is 6.29 Å². The number of para-hydroxylation sites is 1. The Morgan fingerprint density at radius 3 is 2.71 bits per heavy atom. The maximum absolute atomic E-state index is 9.55. The van der Waals surface area contributed by atoms with Crippen LogP contribution in [0.1, 0.15) is 31.6 Å². The first-order chi connectivity index (χ1) is 6.75.